The Balaban J connectivity index is 1.53. The summed E-state index contributed by atoms with van der Waals surface area (Å²) in [4.78, 5) is 4.72. The molecule has 0 bridgehead atoms. The average Bonchev–Trinajstić information content (AvgIpc) is 2.57. The first-order valence-electron chi connectivity index (χ1n) is 7.66. The highest BCUT2D eigenvalue weighted by atomic mass is 19.1. The van der Waals surface area contributed by atoms with Crippen LogP contribution in [0, 0.1) is 5.82 Å². The highest BCUT2D eigenvalue weighted by molar-refractivity contribution is 5.46. The van der Waals surface area contributed by atoms with Crippen LogP contribution in [0.5, 0.6) is 0 Å². The smallest absolute Gasteiger partial charge is 0.123 e. The molecule has 0 unspecified atom stereocenters. The van der Waals surface area contributed by atoms with E-state index in [1.807, 2.05) is 24.3 Å². The Morgan fingerprint density at radius 1 is 0.818 bits per heavy atom. The van der Waals surface area contributed by atoms with Gasteiger partial charge in [-0.1, -0.05) is 24.3 Å². The third-order valence-electron chi connectivity index (χ3n) is 4.18. The van der Waals surface area contributed by atoms with Crippen LogP contribution in [0.25, 0.3) is 0 Å². The predicted molar refractivity (Wildman–Crippen MR) is 86.3 cm³/mol. The molecule has 2 aromatic carbocycles. The second-order valence-corrected chi connectivity index (χ2v) is 5.71. The number of hydrogen-bond acceptors (Lipinski definition) is 3. The van der Waals surface area contributed by atoms with Gasteiger partial charge >= 0.3 is 0 Å². The van der Waals surface area contributed by atoms with Gasteiger partial charge in [0.1, 0.15) is 5.82 Å². The molecule has 0 spiro atoms. The molecular formula is C18H21FN2O. The Labute approximate surface area is 130 Å². The van der Waals surface area contributed by atoms with Crippen LogP contribution in [0.3, 0.4) is 0 Å². The van der Waals surface area contributed by atoms with Crippen LogP contribution in [-0.4, -0.2) is 36.2 Å². The maximum Gasteiger partial charge on any atom is 0.123 e. The van der Waals surface area contributed by atoms with Crippen LogP contribution < -0.4 is 4.90 Å². The summed E-state index contributed by atoms with van der Waals surface area (Å²) in [6.45, 7) is 4.94. The number of halogens is 1. The van der Waals surface area contributed by atoms with Gasteiger partial charge in [0.15, 0.2) is 0 Å². The zero-order chi connectivity index (χ0) is 15.4. The molecule has 2 aromatic rings. The van der Waals surface area contributed by atoms with Crippen molar-refractivity contribution >= 4 is 5.69 Å². The maximum atomic E-state index is 13.0. The van der Waals surface area contributed by atoms with Crippen molar-refractivity contribution in [1.82, 2.24) is 4.90 Å². The summed E-state index contributed by atoms with van der Waals surface area (Å²) in [5.41, 5.74) is 3.31. The van der Waals surface area contributed by atoms with Crippen molar-refractivity contribution in [2.45, 2.75) is 13.2 Å². The van der Waals surface area contributed by atoms with E-state index >= 15 is 0 Å². The van der Waals surface area contributed by atoms with Crippen molar-refractivity contribution in [3.05, 3.63) is 65.5 Å². The zero-order valence-electron chi connectivity index (χ0n) is 12.6. The average molecular weight is 300 g/mol. The lowest BCUT2D eigenvalue weighted by Gasteiger charge is -2.36. The van der Waals surface area contributed by atoms with E-state index in [9.17, 15) is 4.39 Å². The quantitative estimate of drug-likeness (QED) is 0.940. The molecule has 0 saturated carbocycles. The highest BCUT2D eigenvalue weighted by Crippen LogP contribution is 2.18. The lowest BCUT2D eigenvalue weighted by molar-refractivity contribution is 0.249. The van der Waals surface area contributed by atoms with Gasteiger partial charge in [0.05, 0.1) is 6.61 Å². The van der Waals surface area contributed by atoms with Gasteiger partial charge in [0, 0.05) is 38.4 Å². The Morgan fingerprint density at radius 3 is 2.00 bits per heavy atom. The fraction of sp³-hybridized carbons (Fsp3) is 0.333. The van der Waals surface area contributed by atoms with Gasteiger partial charge < -0.3 is 10.0 Å². The second-order valence-electron chi connectivity index (χ2n) is 5.71. The largest absolute Gasteiger partial charge is 0.392 e. The van der Waals surface area contributed by atoms with Crippen LogP contribution in [-0.2, 0) is 13.2 Å². The predicted octanol–water partition coefficient (Wildman–Crippen LogP) is 2.64. The monoisotopic (exact) mass is 300 g/mol. The van der Waals surface area contributed by atoms with E-state index in [4.69, 9.17) is 5.11 Å². The van der Waals surface area contributed by atoms with Gasteiger partial charge in [0.25, 0.3) is 0 Å². The molecule has 1 N–H and O–H groups in total. The standard InChI is InChI=1S/C18H21FN2O/c19-17-5-7-18(8-6-17)21-11-9-20(10-12-21)13-15-1-3-16(14-22)4-2-15/h1-8,22H,9-14H2. The molecular weight excluding hydrogens is 279 g/mol. The number of aliphatic hydroxyl groups is 1. The number of piperazine rings is 1. The molecule has 0 aromatic heterocycles. The normalized spacial score (nSPS) is 16.0. The summed E-state index contributed by atoms with van der Waals surface area (Å²) in [5, 5.41) is 9.07. The lowest BCUT2D eigenvalue weighted by atomic mass is 10.1. The minimum atomic E-state index is -0.186. The van der Waals surface area contributed by atoms with Crippen molar-refractivity contribution in [3.63, 3.8) is 0 Å². The topological polar surface area (TPSA) is 26.7 Å². The summed E-state index contributed by atoms with van der Waals surface area (Å²) in [6, 6.07) is 14.8. The fourth-order valence-corrected chi connectivity index (χ4v) is 2.82. The summed E-state index contributed by atoms with van der Waals surface area (Å²) in [7, 11) is 0. The minimum Gasteiger partial charge on any atom is -0.392 e. The molecule has 4 heteroatoms. The molecule has 1 aliphatic heterocycles. The van der Waals surface area contributed by atoms with E-state index in [0.717, 1.165) is 44.0 Å². The molecule has 1 heterocycles. The molecule has 1 fully saturated rings. The van der Waals surface area contributed by atoms with E-state index < -0.39 is 0 Å². The number of nitrogens with zero attached hydrogens (tertiary/aromatic N) is 2. The number of aliphatic hydroxyl groups excluding tert-OH is 1. The molecule has 3 rings (SSSR count). The van der Waals surface area contributed by atoms with E-state index in [0.29, 0.717) is 0 Å². The van der Waals surface area contributed by atoms with Crippen molar-refractivity contribution in [2.24, 2.45) is 0 Å². The summed E-state index contributed by atoms with van der Waals surface area (Å²) < 4.78 is 13.0. The fourth-order valence-electron chi connectivity index (χ4n) is 2.82. The molecule has 116 valence electrons. The molecule has 22 heavy (non-hydrogen) atoms. The van der Waals surface area contributed by atoms with Crippen LogP contribution in [0.2, 0.25) is 0 Å². The van der Waals surface area contributed by atoms with Crippen LogP contribution in [0.15, 0.2) is 48.5 Å². The Kier molecular flexibility index (Phi) is 4.71. The first-order chi connectivity index (χ1) is 10.7. The van der Waals surface area contributed by atoms with E-state index in [1.165, 1.54) is 17.7 Å². The van der Waals surface area contributed by atoms with E-state index in [2.05, 4.69) is 21.9 Å². The van der Waals surface area contributed by atoms with Gasteiger partial charge in [-0.05, 0) is 35.4 Å². The molecule has 0 aliphatic carbocycles. The first kappa shape index (κ1) is 15.0. The minimum absolute atomic E-state index is 0.0939. The van der Waals surface area contributed by atoms with Crippen molar-refractivity contribution < 1.29 is 9.50 Å². The van der Waals surface area contributed by atoms with Gasteiger partial charge in [-0.15, -0.1) is 0 Å². The number of benzene rings is 2. The number of rotatable bonds is 4. The number of hydrogen-bond donors (Lipinski definition) is 1. The van der Waals surface area contributed by atoms with Crippen LogP contribution >= 0.6 is 0 Å². The van der Waals surface area contributed by atoms with Gasteiger partial charge in [0.2, 0.25) is 0 Å². The molecule has 1 aliphatic rings. The summed E-state index contributed by atoms with van der Waals surface area (Å²) in [6.07, 6.45) is 0. The lowest BCUT2D eigenvalue weighted by Crippen LogP contribution is -2.45. The van der Waals surface area contributed by atoms with E-state index in [-0.39, 0.29) is 12.4 Å². The third kappa shape index (κ3) is 3.64. The molecule has 0 atom stereocenters. The third-order valence-corrected chi connectivity index (χ3v) is 4.18. The van der Waals surface area contributed by atoms with Crippen molar-refractivity contribution in [3.8, 4) is 0 Å². The Morgan fingerprint density at radius 2 is 1.41 bits per heavy atom. The summed E-state index contributed by atoms with van der Waals surface area (Å²) in [5.74, 6) is -0.186. The molecule has 1 saturated heterocycles. The molecule has 3 nitrogen and oxygen atoms in total. The first-order valence-corrected chi connectivity index (χ1v) is 7.66. The highest BCUT2D eigenvalue weighted by Gasteiger charge is 2.17. The SMILES string of the molecule is OCc1ccc(CN2CCN(c3ccc(F)cc3)CC2)cc1. The van der Waals surface area contributed by atoms with Crippen LogP contribution in [0.4, 0.5) is 10.1 Å². The molecule has 0 amide bonds. The zero-order valence-corrected chi connectivity index (χ0v) is 12.6. The van der Waals surface area contributed by atoms with E-state index in [1.54, 1.807) is 0 Å². The van der Waals surface area contributed by atoms with Gasteiger partial charge in [-0.25, -0.2) is 4.39 Å². The van der Waals surface area contributed by atoms with Crippen LogP contribution in [0.1, 0.15) is 11.1 Å². The second kappa shape index (κ2) is 6.90. The van der Waals surface area contributed by atoms with Gasteiger partial charge in [-0.2, -0.15) is 0 Å². The Bertz CT molecular complexity index is 589. The summed E-state index contributed by atoms with van der Waals surface area (Å²) >= 11 is 0. The molecule has 0 radical (unpaired) electrons. The van der Waals surface area contributed by atoms with Gasteiger partial charge in [-0.3, -0.25) is 4.90 Å². The maximum absolute atomic E-state index is 13.0. The number of anilines is 1. The van der Waals surface area contributed by atoms with Crippen molar-refractivity contribution in [2.75, 3.05) is 31.1 Å². The Hall–Kier alpha value is -1.91. The van der Waals surface area contributed by atoms with Crippen molar-refractivity contribution in [1.29, 1.82) is 0 Å².